The van der Waals surface area contributed by atoms with E-state index in [9.17, 15) is 9.90 Å². The molecule has 2 aromatic carbocycles. The molecule has 3 heterocycles. The van der Waals surface area contributed by atoms with Gasteiger partial charge in [-0.2, -0.15) is 0 Å². The Morgan fingerprint density at radius 1 is 1.18 bits per heavy atom. The predicted octanol–water partition coefficient (Wildman–Crippen LogP) is 2.84. The number of rotatable bonds is 3. The van der Waals surface area contributed by atoms with E-state index in [0.29, 0.717) is 59.1 Å². The van der Waals surface area contributed by atoms with Crippen molar-refractivity contribution < 1.29 is 19.4 Å². The van der Waals surface area contributed by atoms with Crippen molar-refractivity contribution in [3.05, 3.63) is 66.0 Å². The number of likely N-dealkylation sites (N-methyl/N-ethyl adjacent to an activating group) is 1. The van der Waals surface area contributed by atoms with Crippen LogP contribution in [-0.4, -0.2) is 77.1 Å². The second-order valence-corrected chi connectivity index (χ2v) is 8.90. The van der Waals surface area contributed by atoms with Crippen molar-refractivity contribution >= 4 is 34.7 Å². The molecule has 2 aromatic heterocycles. The number of carbonyl (C=O) groups is 1. The molecular formula is C27H29N7O4. The van der Waals surface area contributed by atoms with Crippen molar-refractivity contribution in [3.63, 3.8) is 0 Å². The molecular weight excluding hydrogens is 486 g/mol. The first kappa shape index (κ1) is 25.0. The highest BCUT2D eigenvalue weighted by Crippen LogP contribution is 2.33. The van der Waals surface area contributed by atoms with Gasteiger partial charge in [-0.1, -0.05) is 30.3 Å². The molecule has 5 rings (SSSR count). The number of H-pyrrole nitrogens is 1. The molecule has 11 heteroatoms. The van der Waals surface area contributed by atoms with Crippen LogP contribution in [0.1, 0.15) is 11.1 Å². The number of carbonyl (C=O) groups excluding carboxylic acids is 1. The number of nitrogens with zero attached hydrogens (tertiary/aromatic N) is 4. The first-order chi connectivity index (χ1) is 18.5. The maximum absolute atomic E-state index is 13.0. The molecule has 2 bridgehead atoms. The fraction of sp³-hybridized carbons (Fsp3) is 0.259. The van der Waals surface area contributed by atoms with E-state index in [-0.39, 0.29) is 24.6 Å². The summed E-state index contributed by atoms with van der Waals surface area (Å²) in [6.07, 6.45) is 3.31. The van der Waals surface area contributed by atoms with Crippen LogP contribution in [0.25, 0.3) is 11.0 Å². The maximum atomic E-state index is 13.0. The van der Waals surface area contributed by atoms with Gasteiger partial charge >= 0.3 is 0 Å². The molecule has 0 fully saturated rings. The fourth-order valence-corrected chi connectivity index (χ4v) is 4.32. The van der Waals surface area contributed by atoms with Gasteiger partial charge in [0, 0.05) is 31.8 Å². The van der Waals surface area contributed by atoms with Crippen LogP contribution in [0.2, 0.25) is 0 Å². The maximum Gasteiger partial charge on any atom is 0.259 e. The highest BCUT2D eigenvalue weighted by Gasteiger charge is 2.20. The monoisotopic (exact) mass is 515 g/mol. The van der Waals surface area contributed by atoms with Gasteiger partial charge in [0.05, 0.1) is 29.9 Å². The number of anilines is 1. The summed E-state index contributed by atoms with van der Waals surface area (Å²) in [7, 11) is 3.48. The zero-order valence-corrected chi connectivity index (χ0v) is 21.1. The van der Waals surface area contributed by atoms with Gasteiger partial charge in [0.25, 0.3) is 5.91 Å². The van der Waals surface area contributed by atoms with Crippen LogP contribution in [0.4, 0.5) is 11.5 Å². The van der Waals surface area contributed by atoms with E-state index in [0.717, 1.165) is 5.56 Å². The van der Waals surface area contributed by atoms with Crippen molar-refractivity contribution in [3.8, 4) is 17.4 Å². The molecule has 0 aliphatic carbocycles. The highest BCUT2D eigenvalue weighted by molar-refractivity contribution is 6.06. The lowest BCUT2D eigenvalue weighted by atomic mass is 10.1. The van der Waals surface area contributed by atoms with Gasteiger partial charge in [-0.3, -0.25) is 14.7 Å². The molecule has 0 radical (unpaired) electrons. The molecule has 1 amide bonds. The van der Waals surface area contributed by atoms with E-state index in [1.54, 1.807) is 24.4 Å². The van der Waals surface area contributed by atoms with E-state index >= 15 is 0 Å². The largest absolute Gasteiger partial charge is 0.494 e. The van der Waals surface area contributed by atoms with Gasteiger partial charge in [0.15, 0.2) is 24.0 Å². The molecule has 4 aromatic rings. The minimum atomic E-state index is -0.278. The molecule has 4 N–H and O–H groups in total. The molecule has 1 atom stereocenters. The number of nitrogens with one attached hydrogen (secondary N) is 3. The Morgan fingerprint density at radius 2 is 2.03 bits per heavy atom. The SMILES string of the molecule is COc1ccc2cc1OCC(=O)N[C@H](Cc1ccccc1)N(C)CCNc1ncnc3[nH]c(O)c(c13)C=N2. The predicted molar refractivity (Wildman–Crippen MR) is 144 cm³/mol. The summed E-state index contributed by atoms with van der Waals surface area (Å²) in [4.78, 5) is 31.1. The average Bonchev–Trinajstić information content (AvgIpc) is 3.26. The zero-order chi connectivity index (χ0) is 26.5. The van der Waals surface area contributed by atoms with Gasteiger partial charge in [0.1, 0.15) is 17.8 Å². The van der Waals surface area contributed by atoms with Gasteiger partial charge in [0.2, 0.25) is 0 Å². The van der Waals surface area contributed by atoms with Crippen LogP contribution >= 0.6 is 0 Å². The summed E-state index contributed by atoms with van der Waals surface area (Å²) in [5.41, 5.74) is 2.59. The summed E-state index contributed by atoms with van der Waals surface area (Å²) in [6, 6.07) is 15.1. The number of aromatic hydroxyl groups is 1. The van der Waals surface area contributed by atoms with Crippen molar-refractivity contribution in [2.45, 2.75) is 12.6 Å². The summed E-state index contributed by atoms with van der Waals surface area (Å²) in [5, 5.41) is 17.6. The van der Waals surface area contributed by atoms with Crippen molar-refractivity contribution in [1.29, 1.82) is 0 Å². The Hall–Kier alpha value is -4.64. The third-order valence-corrected chi connectivity index (χ3v) is 6.35. The molecule has 38 heavy (non-hydrogen) atoms. The van der Waals surface area contributed by atoms with E-state index in [1.165, 1.54) is 13.4 Å². The van der Waals surface area contributed by atoms with Crippen LogP contribution in [-0.2, 0) is 11.2 Å². The minimum Gasteiger partial charge on any atom is -0.494 e. The first-order valence-corrected chi connectivity index (χ1v) is 12.2. The number of amides is 1. The molecule has 0 saturated carbocycles. The van der Waals surface area contributed by atoms with E-state index in [1.807, 2.05) is 37.4 Å². The minimum absolute atomic E-state index is 0.0648. The van der Waals surface area contributed by atoms with Crippen molar-refractivity contribution in [2.24, 2.45) is 4.99 Å². The zero-order valence-electron chi connectivity index (χ0n) is 21.1. The van der Waals surface area contributed by atoms with Crippen molar-refractivity contribution in [2.75, 3.05) is 39.2 Å². The quantitative estimate of drug-likeness (QED) is 0.327. The lowest BCUT2D eigenvalue weighted by molar-refractivity contribution is -0.125. The lowest BCUT2D eigenvalue weighted by Crippen LogP contribution is -2.50. The van der Waals surface area contributed by atoms with Gasteiger partial charge in [-0.05, 0) is 24.7 Å². The van der Waals surface area contributed by atoms with Gasteiger partial charge < -0.3 is 30.2 Å². The number of hydrogen-bond donors (Lipinski definition) is 4. The third kappa shape index (κ3) is 5.52. The molecule has 0 saturated heterocycles. The number of fused-ring (bicyclic) bond motifs is 2. The molecule has 0 spiro atoms. The van der Waals surface area contributed by atoms with E-state index < -0.39 is 0 Å². The number of benzene rings is 2. The number of aromatic amines is 1. The van der Waals surface area contributed by atoms with Crippen molar-refractivity contribution in [1.82, 2.24) is 25.2 Å². The van der Waals surface area contributed by atoms with E-state index in [4.69, 9.17) is 9.47 Å². The first-order valence-electron chi connectivity index (χ1n) is 12.2. The van der Waals surface area contributed by atoms with Crippen LogP contribution in [0.15, 0.2) is 59.9 Å². The Labute approximate surface area is 219 Å². The molecule has 11 nitrogen and oxygen atoms in total. The van der Waals surface area contributed by atoms with Gasteiger partial charge in [-0.15, -0.1) is 0 Å². The fourth-order valence-electron chi connectivity index (χ4n) is 4.32. The topological polar surface area (TPSA) is 137 Å². The average molecular weight is 516 g/mol. The van der Waals surface area contributed by atoms with E-state index in [2.05, 4.69) is 35.5 Å². The van der Waals surface area contributed by atoms with Crippen LogP contribution in [0.3, 0.4) is 0 Å². The Bertz CT molecular complexity index is 1450. The Morgan fingerprint density at radius 3 is 2.84 bits per heavy atom. The second kappa shape index (κ2) is 11.2. The highest BCUT2D eigenvalue weighted by atomic mass is 16.5. The molecule has 1 aliphatic rings. The number of methoxy groups -OCH3 is 1. The number of aromatic nitrogens is 3. The molecule has 196 valence electrons. The number of ether oxygens (including phenoxy) is 2. The second-order valence-electron chi connectivity index (χ2n) is 8.90. The lowest BCUT2D eigenvalue weighted by Gasteiger charge is -2.29. The molecule has 1 aliphatic heterocycles. The summed E-state index contributed by atoms with van der Waals surface area (Å²) in [6.45, 7) is 0.931. The summed E-state index contributed by atoms with van der Waals surface area (Å²) in [5.74, 6) is 1.09. The normalized spacial score (nSPS) is 16.8. The van der Waals surface area contributed by atoms with Crippen LogP contribution in [0.5, 0.6) is 17.4 Å². The van der Waals surface area contributed by atoms with Crippen LogP contribution in [0, 0.1) is 0 Å². The summed E-state index contributed by atoms with van der Waals surface area (Å²) < 4.78 is 11.3. The van der Waals surface area contributed by atoms with Gasteiger partial charge in [-0.25, -0.2) is 9.97 Å². The number of aliphatic imine (C=N–C) groups is 1. The third-order valence-electron chi connectivity index (χ3n) is 6.35. The standard InChI is InChI=1S/C27H29N7O4/c1-34-11-10-28-25-24-19(27(36)33-26(24)31-16-30-25)14-29-18-8-9-20(37-2)21(13-18)38-15-23(35)32-22(34)12-17-6-4-3-5-7-17/h3-9,13-14,16,22,36H,10-12,15H2,1-2H3,(H,32,35)(H2,28,30,31,33)/t22-/m0/s1. The summed E-state index contributed by atoms with van der Waals surface area (Å²) >= 11 is 0. The Kier molecular flexibility index (Phi) is 7.36. The smallest absolute Gasteiger partial charge is 0.259 e. The van der Waals surface area contributed by atoms with Crippen LogP contribution < -0.4 is 20.1 Å². The molecule has 0 unspecified atom stereocenters. The Balaban J connectivity index is 1.51. The number of hydrogen-bond acceptors (Lipinski definition) is 9.